The number of ether oxygens (including phenoxy) is 1. The molecular formula is C16H28N4O2S. The fourth-order valence-electron chi connectivity index (χ4n) is 2.78. The number of nitrogens with zero attached hydrogens (tertiary/aromatic N) is 2. The van der Waals surface area contributed by atoms with Crippen LogP contribution in [0.15, 0.2) is 5.38 Å². The average Bonchev–Trinajstić information content (AvgIpc) is 2.96. The number of rotatable bonds is 9. The summed E-state index contributed by atoms with van der Waals surface area (Å²) in [6.07, 6.45) is 1.87. The Morgan fingerprint density at radius 1 is 1.39 bits per heavy atom. The van der Waals surface area contributed by atoms with Gasteiger partial charge in [-0.1, -0.05) is 0 Å². The first-order valence-corrected chi connectivity index (χ1v) is 9.17. The maximum absolute atomic E-state index is 12.2. The van der Waals surface area contributed by atoms with Gasteiger partial charge in [-0.15, -0.1) is 11.3 Å². The smallest absolute Gasteiger partial charge is 0.223 e. The van der Waals surface area contributed by atoms with E-state index in [4.69, 9.17) is 4.74 Å². The molecule has 1 saturated heterocycles. The maximum atomic E-state index is 12.2. The Kier molecular flexibility index (Phi) is 7.94. The molecule has 1 aliphatic rings. The zero-order valence-electron chi connectivity index (χ0n) is 14.1. The van der Waals surface area contributed by atoms with Gasteiger partial charge in [0.15, 0.2) is 0 Å². The second-order valence-corrected chi connectivity index (χ2v) is 7.00. The van der Waals surface area contributed by atoms with E-state index in [0.29, 0.717) is 13.2 Å². The van der Waals surface area contributed by atoms with Gasteiger partial charge >= 0.3 is 0 Å². The van der Waals surface area contributed by atoms with Crippen molar-refractivity contribution in [2.45, 2.75) is 26.3 Å². The molecule has 0 aliphatic carbocycles. The largest absolute Gasteiger partial charge is 0.383 e. The van der Waals surface area contributed by atoms with E-state index < -0.39 is 0 Å². The van der Waals surface area contributed by atoms with Gasteiger partial charge < -0.3 is 15.4 Å². The number of hydrogen-bond donors (Lipinski definition) is 2. The molecule has 7 heteroatoms. The van der Waals surface area contributed by atoms with E-state index in [9.17, 15) is 4.79 Å². The molecule has 0 atom stereocenters. The predicted molar refractivity (Wildman–Crippen MR) is 92.6 cm³/mol. The number of aromatic nitrogens is 1. The Hall–Kier alpha value is -1.02. The Morgan fingerprint density at radius 2 is 2.17 bits per heavy atom. The Morgan fingerprint density at radius 3 is 2.83 bits per heavy atom. The van der Waals surface area contributed by atoms with E-state index in [1.165, 1.54) is 0 Å². The minimum Gasteiger partial charge on any atom is -0.383 e. The molecule has 130 valence electrons. The van der Waals surface area contributed by atoms with Crippen molar-refractivity contribution in [1.82, 2.24) is 20.5 Å². The van der Waals surface area contributed by atoms with E-state index in [2.05, 4.69) is 25.9 Å². The first kappa shape index (κ1) is 18.3. The standard InChI is InChI=1S/C16H28N4O2S/c1-13-19-15(12-23-13)11-20-8-3-14(4-9-20)16(21)18-6-5-17-7-10-22-2/h12,14,17H,3-11H2,1-2H3,(H,18,21). The second kappa shape index (κ2) is 9.97. The summed E-state index contributed by atoms with van der Waals surface area (Å²) in [5.74, 6) is 0.352. The van der Waals surface area contributed by atoms with Crippen LogP contribution in [0.4, 0.5) is 0 Å². The van der Waals surface area contributed by atoms with E-state index >= 15 is 0 Å². The number of nitrogens with one attached hydrogen (secondary N) is 2. The van der Waals surface area contributed by atoms with Gasteiger partial charge in [-0.25, -0.2) is 4.98 Å². The lowest BCUT2D eigenvalue weighted by molar-refractivity contribution is -0.126. The lowest BCUT2D eigenvalue weighted by Gasteiger charge is -2.30. The average molecular weight is 340 g/mol. The van der Waals surface area contributed by atoms with Gasteiger partial charge in [0.2, 0.25) is 5.91 Å². The lowest BCUT2D eigenvalue weighted by atomic mass is 9.96. The molecular weight excluding hydrogens is 312 g/mol. The summed E-state index contributed by atoms with van der Waals surface area (Å²) in [7, 11) is 1.69. The predicted octanol–water partition coefficient (Wildman–Crippen LogP) is 1.02. The SMILES string of the molecule is COCCNCCNC(=O)C1CCN(Cc2csc(C)n2)CC1. The van der Waals surface area contributed by atoms with Crippen LogP contribution in [0.25, 0.3) is 0 Å². The molecule has 2 N–H and O–H groups in total. The number of thiazole rings is 1. The van der Waals surface area contributed by atoms with Crippen LogP contribution in [0, 0.1) is 12.8 Å². The summed E-state index contributed by atoms with van der Waals surface area (Å²) in [5, 5.41) is 9.50. The summed E-state index contributed by atoms with van der Waals surface area (Å²) in [6, 6.07) is 0. The van der Waals surface area contributed by atoms with Gasteiger partial charge in [0.05, 0.1) is 17.3 Å². The van der Waals surface area contributed by atoms with Crippen molar-refractivity contribution < 1.29 is 9.53 Å². The van der Waals surface area contributed by atoms with Crippen molar-refractivity contribution in [2.75, 3.05) is 46.4 Å². The van der Waals surface area contributed by atoms with Crippen molar-refractivity contribution in [3.05, 3.63) is 16.1 Å². The first-order chi connectivity index (χ1) is 11.2. The third kappa shape index (κ3) is 6.55. The molecule has 0 spiro atoms. The molecule has 1 aromatic rings. The molecule has 0 unspecified atom stereocenters. The number of piperidine rings is 1. The molecule has 23 heavy (non-hydrogen) atoms. The molecule has 0 aromatic carbocycles. The molecule has 6 nitrogen and oxygen atoms in total. The fraction of sp³-hybridized carbons (Fsp3) is 0.750. The number of methoxy groups -OCH3 is 1. The third-order valence-corrected chi connectivity index (χ3v) is 4.92. The second-order valence-electron chi connectivity index (χ2n) is 5.94. The van der Waals surface area contributed by atoms with Crippen molar-refractivity contribution in [2.24, 2.45) is 5.92 Å². The van der Waals surface area contributed by atoms with Gasteiger partial charge in [0, 0.05) is 44.6 Å². The molecule has 1 aliphatic heterocycles. The van der Waals surface area contributed by atoms with Crippen LogP contribution in [-0.2, 0) is 16.1 Å². The van der Waals surface area contributed by atoms with Crippen molar-refractivity contribution in [3.63, 3.8) is 0 Å². The fourth-order valence-corrected chi connectivity index (χ4v) is 3.38. The number of amides is 1. The Balaban J connectivity index is 1.59. The lowest BCUT2D eigenvalue weighted by Crippen LogP contribution is -2.42. The normalized spacial score (nSPS) is 16.6. The number of carbonyl (C=O) groups excluding carboxylic acids is 1. The summed E-state index contributed by atoms with van der Waals surface area (Å²) in [5.41, 5.74) is 1.15. The minimum absolute atomic E-state index is 0.155. The Bertz CT molecular complexity index is 472. The van der Waals surface area contributed by atoms with E-state index in [0.717, 1.165) is 56.3 Å². The molecule has 1 aromatic heterocycles. The molecule has 2 heterocycles. The van der Waals surface area contributed by atoms with Crippen molar-refractivity contribution in [1.29, 1.82) is 0 Å². The van der Waals surface area contributed by atoms with Gasteiger partial charge in [0.25, 0.3) is 0 Å². The third-order valence-electron chi connectivity index (χ3n) is 4.09. The van der Waals surface area contributed by atoms with Gasteiger partial charge in [-0.2, -0.15) is 0 Å². The molecule has 0 saturated carbocycles. The quantitative estimate of drug-likeness (QED) is 0.657. The number of aryl methyl sites for hydroxylation is 1. The highest BCUT2D eigenvalue weighted by Gasteiger charge is 2.24. The highest BCUT2D eigenvalue weighted by atomic mass is 32.1. The monoisotopic (exact) mass is 340 g/mol. The van der Waals surface area contributed by atoms with Gasteiger partial charge in [0.1, 0.15) is 0 Å². The Labute approximate surface area is 142 Å². The van der Waals surface area contributed by atoms with Crippen LogP contribution in [0.2, 0.25) is 0 Å². The highest BCUT2D eigenvalue weighted by Crippen LogP contribution is 2.19. The molecule has 1 amide bonds. The van der Waals surface area contributed by atoms with Crippen LogP contribution in [0.3, 0.4) is 0 Å². The summed E-state index contributed by atoms with van der Waals surface area (Å²) >= 11 is 1.70. The van der Waals surface area contributed by atoms with Crippen molar-refractivity contribution in [3.8, 4) is 0 Å². The molecule has 1 fully saturated rings. The minimum atomic E-state index is 0.155. The van der Waals surface area contributed by atoms with Crippen LogP contribution in [0.5, 0.6) is 0 Å². The van der Waals surface area contributed by atoms with Crippen LogP contribution in [-0.4, -0.2) is 62.2 Å². The van der Waals surface area contributed by atoms with Crippen LogP contribution in [0.1, 0.15) is 23.5 Å². The summed E-state index contributed by atoms with van der Waals surface area (Å²) < 4.78 is 4.96. The van der Waals surface area contributed by atoms with Crippen LogP contribution >= 0.6 is 11.3 Å². The topological polar surface area (TPSA) is 66.5 Å². The van der Waals surface area contributed by atoms with E-state index in [1.807, 2.05) is 6.92 Å². The van der Waals surface area contributed by atoms with Gasteiger partial charge in [-0.05, 0) is 32.9 Å². The molecule has 0 radical (unpaired) electrons. The number of likely N-dealkylation sites (tertiary alicyclic amines) is 1. The summed E-state index contributed by atoms with van der Waals surface area (Å²) in [6.45, 7) is 7.88. The van der Waals surface area contributed by atoms with Crippen LogP contribution < -0.4 is 10.6 Å². The van der Waals surface area contributed by atoms with E-state index in [-0.39, 0.29) is 11.8 Å². The van der Waals surface area contributed by atoms with Crippen molar-refractivity contribution >= 4 is 17.2 Å². The zero-order valence-corrected chi connectivity index (χ0v) is 15.0. The highest BCUT2D eigenvalue weighted by molar-refractivity contribution is 7.09. The number of hydrogen-bond acceptors (Lipinski definition) is 6. The molecule has 2 rings (SSSR count). The number of carbonyl (C=O) groups is 1. The van der Waals surface area contributed by atoms with Gasteiger partial charge in [-0.3, -0.25) is 9.69 Å². The zero-order chi connectivity index (χ0) is 16.5. The molecule has 0 bridgehead atoms. The first-order valence-electron chi connectivity index (χ1n) is 8.29. The summed E-state index contributed by atoms with van der Waals surface area (Å²) in [4.78, 5) is 19.1. The maximum Gasteiger partial charge on any atom is 0.223 e. The van der Waals surface area contributed by atoms with E-state index in [1.54, 1.807) is 18.4 Å².